The Bertz CT molecular complexity index is 649. The average molecular weight is 315 g/mol. The molecule has 0 radical (unpaired) electrons. The second kappa shape index (κ2) is 6.37. The highest BCUT2D eigenvalue weighted by Gasteiger charge is 2.25. The number of carbonyl (C=O) groups excluding carboxylic acids is 1. The highest BCUT2D eigenvalue weighted by molar-refractivity contribution is 7.87. The van der Waals surface area contributed by atoms with E-state index < -0.39 is 15.8 Å². The number of hydrogen-bond acceptors (Lipinski definition) is 5. The summed E-state index contributed by atoms with van der Waals surface area (Å²) in [4.78, 5) is 24.8. The number of amides is 1. The van der Waals surface area contributed by atoms with Crippen molar-refractivity contribution in [2.24, 2.45) is 11.1 Å². The minimum Gasteiger partial charge on any atom is -0.430 e. The van der Waals surface area contributed by atoms with E-state index in [1.165, 1.54) is 12.1 Å². The van der Waals surface area contributed by atoms with Crippen molar-refractivity contribution >= 4 is 16.1 Å². The Morgan fingerprint density at radius 3 is 2.86 bits per heavy atom. The highest BCUT2D eigenvalue weighted by Crippen LogP contribution is 2.18. The Morgan fingerprint density at radius 1 is 1.48 bits per heavy atom. The van der Waals surface area contributed by atoms with Crippen LogP contribution in [0.3, 0.4) is 0 Å². The third-order valence-corrected chi connectivity index (χ3v) is 3.90. The Kier molecular flexibility index (Phi) is 4.76. The molecule has 3 N–H and O–H groups in total. The van der Waals surface area contributed by atoms with Crippen molar-refractivity contribution in [3.63, 3.8) is 0 Å². The summed E-state index contributed by atoms with van der Waals surface area (Å²) in [6.07, 6.45) is 2.73. The van der Waals surface area contributed by atoms with Crippen molar-refractivity contribution < 1.29 is 17.6 Å². The van der Waals surface area contributed by atoms with Crippen molar-refractivity contribution in [1.29, 1.82) is 0 Å². The highest BCUT2D eigenvalue weighted by atomic mass is 32.2. The van der Waals surface area contributed by atoms with Gasteiger partial charge in [0.1, 0.15) is 6.26 Å². The first-order valence-corrected chi connectivity index (χ1v) is 8.05. The van der Waals surface area contributed by atoms with Crippen LogP contribution in [0.1, 0.15) is 23.2 Å². The largest absolute Gasteiger partial charge is 0.430 e. The summed E-state index contributed by atoms with van der Waals surface area (Å²) < 4.78 is 28.7. The molecule has 1 fully saturated rings. The molecule has 9 heteroatoms. The molecule has 1 aliphatic heterocycles. The fourth-order valence-corrected chi connectivity index (χ4v) is 2.78. The van der Waals surface area contributed by atoms with E-state index in [9.17, 15) is 18.0 Å². The molecular weight excluding hydrogens is 298 g/mol. The molecular formula is C12H17N3O5S. The molecule has 1 aromatic rings. The van der Waals surface area contributed by atoms with Gasteiger partial charge in [-0.15, -0.1) is 0 Å². The summed E-state index contributed by atoms with van der Waals surface area (Å²) in [5, 5.41) is 4.89. The maximum absolute atomic E-state index is 12.3. The molecule has 1 aliphatic rings. The van der Waals surface area contributed by atoms with Gasteiger partial charge < -0.3 is 9.32 Å². The number of rotatable bonds is 4. The van der Waals surface area contributed by atoms with E-state index in [1.54, 1.807) is 4.90 Å². The van der Waals surface area contributed by atoms with Crippen molar-refractivity contribution in [1.82, 2.24) is 9.62 Å². The van der Waals surface area contributed by atoms with E-state index >= 15 is 0 Å². The van der Waals surface area contributed by atoms with E-state index in [2.05, 4.69) is 9.14 Å². The van der Waals surface area contributed by atoms with E-state index in [-0.39, 0.29) is 18.4 Å². The van der Waals surface area contributed by atoms with Crippen LogP contribution < -0.4 is 15.5 Å². The van der Waals surface area contributed by atoms with Gasteiger partial charge in [-0.2, -0.15) is 8.42 Å². The lowest BCUT2D eigenvalue weighted by molar-refractivity contribution is 0.0673. The van der Waals surface area contributed by atoms with Crippen LogP contribution in [0.25, 0.3) is 0 Å². The Balaban J connectivity index is 1.98. The van der Waals surface area contributed by atoms with Crippen molar-refractivity contribution in [3.8, 4) is 0 Å². The summed E-state index contributed by atoms with van der Waals surface area (Å²) in [6.45, 7) is 1.22. The van der Waals surface area contributed by atoms with Crippen LogP contribution in [0.5, 0.6) is 0 Å². The fourth-order valence-electron chi connectivity index (χ4n) is 2.31. The predicted molar refractivity (Wildman–Crippen MR) is 74.7 cm³/mol. The number of hydrogen-bond donors (Lipinski definition) is 2. The second-order valence-electron chi connectivity index (χ2n) is 5.00. The van der Waals surface area contributed by atoms with E-state index in [0.29, 0.717) is 18.7 Å². The SMILES string of the molecule is NS(=O)(=O)NCC1CCCN(C(=O)c2ccc(=O)oc2)C1. The topological polar surface area (TPSA) is 123 Å². The predicted octanol–water partition coefficient (Wildman–Crippen LogP) is -0.715. The summed E-state index contributed by atoms with van der Waals surface area (Å²) >= 11 is 0. The average Bonchev–Trinajstić information content (AvgIpc) is 2.45. The lowest BCUT2D eigenvalue weighted by atomic mass is 9.98. The molecule has 0 aromatic carbocycles. The van der Waals surface area contributed by atoms with E-state index in [1.807, 2.05) is 0 Å². The smallest absolute Gasteiger partial charge is 0.335 e. The number of nitrogens with one attached hydrogen (secondary N) is 1. The summed E-state index contributed by atoms with van der Waals surface area (Å²) in [7, 11) is -3.72. The van der Waals surface area contributed by atoms with Crippen LogP contribution in [0.15, 0.2) is 27.6 Å². The number of carbonyl (C=O) groups is 1. The summed E-state index contributed by atoms with van der Waals surface area (Å²) in [6, 6.07) is 2.61. The van der Waals surface area contributed by atoms with Gasteiger partial charge in [-0.05, 0) is 24.8 Å². The summed E-state index contributed by atoms with van der Waals surface area (Å²) in [5.74, 6) is -0.226. The van der Waals surface area contributed by atoms with Crippen LogP contribution in [0, 0.1) is 5.92 Å². The molecule has 2 rings (SSSR count). The van der Waals surface area contributed by atoms with Crippen LogP contribution in [0.2, 0.25) is 0 Å². The van der Waals surface area contributed by atoms with Gasteiger partial charge in [0.05, 0.1) is 5.56 Å². The Hall–Kier alpha value is -1.71. The van der Waals surface area contributed by atoms with Gasteiger partial charge in [0.15, 0.2) is 0 Å². The third-order valence-electron chi connectivity index (χ3n) is 3.33. The molecule has 2 heterocycles. The molecule has 8 nitrogen and oxygen atoms in total. The molecule has 0 saturated carbocycles. The number of nitrogens with two attached hydrogens (primary N) is 1. The first-order valence-electron chi connectivity index (χ1n) is 6.50. The van der Waals surface area contributed by atoms with Gasteiger partial charge in [0.25, 0.3) is 16.1 Å². The molecule has 0 bridgehead atoms. The summed E-state index contributed by atoms with van der Waals surface area (Å²) in [5.41, 5.74) is -0.213. The van der Waals surface area contributed by atoms with Gasteiger partial charge in [0, 0.05) is 25.7 Å². The molecule has 1 aromatic heterocycles. The zero-order valence-corrected chi connectivity index (χ0v) is 12.1. The second-order valence-corrected chi connectivity index (χ2v) is 6.37. The molecule has 21 heavy (non-hydrogen) atoms. The molecule has 1 unspecified atom stereocenters. The monoisotopic (exact) mass is 315 g/mol. The van der Waals surface area contributed by atoms with E-state index in [4.69, 9.17) is 5.14 Å². The molecule has 0 aliphatic carbocycles. The standard InChI is InChI=1S/C12H17N3O5S/c13-21(18,19)14-6-9-2-1-5-15(7-9)12(17)10-3-4-11(16)20-8-10/h3-4,8-9,14H,1-2,5-7H2,(H2,13,18,19). The van der Waals surface area contributed by atoms with Gasteiger partial charge in [0.2, 0.25) is 0 Å². The zero-order chi connectivity index (χ0) is 15.5. The molecule has 1 amide bonds. The first-order chi connectivity index (χ1) is 9.85. The number of nitrogens with zero attached hydrogens (tertiary/aromatic N) is 1. The quantitative estimate of drug-likeness (QED) is 0.759. The van der Waals surface area contributed by atoms with Crippen LogP contribution in [0.4, 0.5) is 0 Å². The van der Waals surface area contributed by atoms with Crippen LogP contribution in [-0.4, -0.2) is 38.9 Å². The Morgan fingerprint density at radius 2 is 2.24 bits per heavy atom. The van der Waals surface area contributed by atoms with Crippen molar-refractivity contribution in [2.45, 2.75) is 12.8 Å². The zero-order valence-electron chi connectivity index (χ0n) is 11.3. The minimum atomic E-state index is -3.72. The number of likely N-dealkylation sites (tertiary alicyclic amines) is 1. The lowest BCUT2D eigenvalue weighted by Crippen LogP contribution is -2.44. The maximum atomic E-state index is 12.3. The Labute approximate surface area is 122 Å². The van der Waals surface area contributed by atoms with Crippen LogP contribution in [-0.2, 0) is 10.2 Å². The van der Waals surface area contributed by atoms with Crippen LogP contribution >= 0.6 is 0 Å². The van der Waals surface area contributed by atoms with Crippen molar-refractivity contribution in [2.75, 3.05) is 19.6 Å². The van der Waals surface area contributed by atoms with Gasteiger partial charge in [-0.1, -0.05) is 0 Å². The normalized spacial score (nSPS) is 19.5. The fraction of sp³-hybridized carbons (Fsp3) is 0.500. The van der Waals surface area contributed by atoms with Gasteiger partial charge >= 0.3 is 5.63 Å². The molecule has 0 spiro atoms. The molecule has 1 atom stereocenters. The first kappa shape index (κ1) is 15.7. The van der Waals surface area contributed by atoms with E-state index in [0.717, 1.165) is 19.1 Å². The third kappa shape index (κ3) is 4.66. The van der Waals surface area contributed by atoms with Gasteiger partial charge in [-0.25, -0.2) is 14.7 Å². The minimum absolute atomic E-state index is 0.0109. The lowest BCUT2D eigenvalue weighted by Gasteiger charge is -2.32. The molecule has 116 valence electrons. The van der Waals surface area contributed by atoms with Gasteiger partial charge in [-0.3, -0.25) is 4.79 Å². The van der Waals surface area contributed by atoms with Crippen molar-refractivity contribution in [3.05, 3.63) is 34.4 Å². The maximum Gasteiger partial charge on any atom is 0.335 e. The number of piperidine rings is 1. The molecule has 1 saturated heterocycles.